The molecule has 0 aliphatic heterocycles. The Bertz CT molecular complexity index is 515. The summed E-state index contributed by atoms with van der Waals surface area (Å²) in [6.07, 6.45) is 0.919. The first-order chi connectivity index (χ1) is 8.24. The van der Waals surface area contributed by atoms with E-state index >= 15 is 0 Å². The summed E-state index contributed by atoms with van der Waals surface area (Å²) in [6.45, 7) is 2.85. The van der Waals surface area contributed by atoms with Gasteiger partial charge in [-0.25, -0.2) is 0 Å². The van der Waals surface area contributed by atoms with Crippen molar-refractivity contribution < 1.29 is 4.74 Å². The zero-order valence-corrected chi connectivity index (χ0v) is 11.5. The number of hydrogen-bond donors (Lipinski definition) is 1. The molecule has 4 nitrogen and oxygen atoms in total. The van der Waals surface area contributed by atoms with Crippen molar-refractivity contribution in [3.05, 3.63) is 22.3 Å². The second-order valence-corrected chi connectivity index (χ2v) is 5.16. The van der Waals surface area contributed by atoms with Crippen molar-refractivity contribution in [1.29, 1.82) is 0 Å². The van der Waals surface area contributed by atoms with Crippen molar-refractivity contribution in [3.8, 4) is 10.7 Å². The Hall–Kier alpha value is -0.980. The number of ether oxygens (including phenoxy) is 1. The monoisotopic (exact) mass is 269 g/mol. The van der Waals surface area contributed by atoms with Crippen molar-refractivity contribution in [2.24, 2.45) is 0 Å². The average Bonchev–Trinajstić information content (AvgIpc) is 2.94. The first kappa shape index (κ1) is 12.5. The second-order valence-electron chi connectivity index (χ2n) is 3.83. The Morgan fingerprint density at radius 3 is 3.12 bits per heavy atom. The van der Waals surface area contributed by atoms with E-state index in [1.165, 1.54) is 0 Å². The topological polar surface area (TPSA) is 42.8 Å². The van der Waals surface area contributed by atoms with Gasteiger partial charge in [-0.1, -0.05) is 6.07 Å². The van der Waals surface area contributed by atoms with Crippen LogP contribution < -0.4 is 0 Å². The van der Waals surface area contributed by atoms with Gasteiger partial charge in [-0.05, 0) is 37.0 Å². The highest BCUT2D eigenvalue weighted by molar-refractivity contribution is 7.71. The van der Waals surface area contributed by atoms with Gasteiger partial charge >= 0.3 is 0 Å². The predicted octanol–water partition coefficient (Wildman–Crippen LogP) is 3.27. The molecule has 1 atom stereocenters. The van der Waals surface area contributed by atoms with E-state index in [9.17, 15) is 0 Å². The number of thiophene rings is 1. The van der Waals surface area contributed by atoms with Crippen molar-refractivity contribution >= 4 is 23.6 Å². The Kier molecular flexibility index (Phi) is 4.09. The van der Waals surface area contributed by atoms with Crippen LogP contribution in [0.1, 0.15) is 19.4 Å². The molecular formula is C11H15N3OS2. The fourth-order valence-electron chi connectivity index (χ4n) is 1.71. The summed E-state index contributed by atoms with van der Waals surface area (Å²) in [4.78, 5) is 1.13. The predicted molar refractivity (Wildman–Crippen MR) is 71.9 cm³/mol. The van der Waals surface area contributed by atoms with Gasteiger partial charge < -0.3 is 4.74 Å². The zero-order valence-electron chi connectivity index (χ0n) is 9.84. The standard InChI is InChI=1S/C11H15N3OS2/c1-8(5-6-15-2)14-10(12-13-11(14)16)9-4-3-7-17-9/h3-4,7-8H,5-6H2,1-2H3,(H,13,16). The van der Waals surface area contributed by atoms with E-state index in [2.05, 4.69) is 27.8 Å². The van der Waals surface area contributed by atoms with Gasteiger partial charge in [0.15, 0.2) is 10.6 Å². The molecule has 6 heteroatoms. The van der Waals surface area contributed by atoms with Gasteiger partial charge in [-0.2, -0.15) is 5.10 Å². The van der Waals surface area contributed by atoms with E-state index < -0.39 is 0 Å². The summed E-state index contributed by atoms with van der Waals surface area (Å²) in [6, 6.07) is 4.34. The Morgan fingerprint density at radius 2 is 2.47 bits per heavy atom. The van der Waals surface area contributed by atoms with E-state index in [1.54, 1.807) is 18.4 Å². The number of hydrogen-bond acceptors (Lipinski definition) is 4. The zero-order chi connectivity index (χ0) is 12.3. The summed E-state index contributed by atoms with van der Waals surface area (Å²) < 4.78 is 7.83. The van der Waals surface area contributed by atoms with Crippen LogP contribution in [0.3, 0.4) is 0 Å². The van der Waals surface area contributed by atoms with Crippen LogP contribution in [0.15, 0.2) is 17.5 Å². The minimum Gasteiger partial charge on any atom is -0.385 e. The SMILES string of the molecule is COCCC(C)n1c(-c2cccs2)n[nH]c1=S. The molecule has 0 bridgehead atoms. The lowest BCUT2D eigenvalue weighted by molar-refractivity contribution is 0.181. The Morgan fingerprint density at radius 1 is 1.65 bits per heavy atom. The lowest BCUT2D eigenvalue weighted by Crippen LogP contribution is -2.09. The van der Waals surface area contributed by atoms with Gasteiger partial charge in [0.1, 0.15) is 0 Å². The van der Waals surface area contributed by atoms with Crippen LogP contribution in [-0.2, 0) is 4.74 Å². The van der Waals surface area contributed by atoms with Crippen molar-refractivity contribution in [2.45, 2.75) is 19.4 Å². The van der Waals surface area contributed by atoms with E-state index in [0.29, 0.717) is 4.77 Å². The molecule has 1 N–H and O–H groups in total. The summed E-state index contributed by atoms with van der Waals surface area (Å²) >= 11 is 6.95. The Balaban J connectivity index is 2.33. The minimum atomic E-state index is 0.276. The first-order valence-corrected chi connectivity index (χ1v) is 6.72. The molecule has 0 aliphatic rings. The molecule has 2 rings (SSSR count). The quantitative estimate of drug-likeness (QED) is 0.847. The van der Waals surface area contributed by atoms with E-state index in [-0.39, 0.29) is 6.04 Å². The molecule has 0 saturated heterocycles. The maximum Gasteiger partial charge on any atom is 0.195 e. The summed E-state index contributed by atoms with van der Waals surface area (Å²) in [5.74, 6) is 0.911. The number of nitrogens with one attached hydrogen (secondary N) is 1. The molecule has 0 radical (unpaired) electrons. The molecule has 0 aromatic carbocycles. The molecule has 0 saturated carbocycles. The molecule has 92 valence electrons. The van der Waals surface area contributed by atoms with Gasteiger partial charge in [0.25, 0.3) is 0 Å². The number of H-pyrrole nitrogens is 1. The molecule has 2 heterocycles. The minimum absolute atomic E-state index is 0.276. The van der Waals surface area contributed by atoms with Crippen LogP contribution in [0, 0.1) is 4.77 Å². The van der Waals surface area contributed by atoms with Crippen LogP contribution in [0.25, 0.3) is 10.7 Å². The maximum absolute atomic E-state index is 5.28. The van der Waals surface area contributed by atoms with Crippen LogP contribution >= 0.6 is 23.6 Å². The van der Waals surface area contributed by atoms with Crippen molar-refractivity contribution in [2.75, 3.05) is 13.7 Å². The summed E-state index contributed by atoms with van der Waals surface area (Å²) in [5.41, 5.74) is 0. The first-order valence-electron chi connectivity index (χ1n) is 5.43. The van der Waals surface area contributed by atoms with Gasteiger partial charge in [0.2, 0.25) is 0 Å². The summed E-state index contributed by atoms with van der Waals surface area (Å²) in [5, 5.41) is 9.21. The Labute approximate surface area is 109 Å². The molecule has 0 fully saturated rings. The van der Waals surface area contributed by atoms with Crippen LogP contribution in [-0.4, -0.2) is 28.5 Å². The lowest BCUT2D eigenvalue weighted by atomic mass is 10.2. The third kappa shape index (κ3) is 2.65. The maximum atomic E-state index is 5.28. The number of aromatic nitrogens is 3. The van der Waals surface area contributed by atoms with E-state index in [1.807, 2.05) is 11.4 Å². The highest BCUT2D eigenvalue weighted by Crippen LogP contribution is 2.26. The molecule has 2 aromatic rings. The van der Waals surface area contributed by atoms with Gasteiger partial charge in [-0.15, -0.1) is 11.3 Å². The smallest absolute Gasteiger partial charge is 0.195 e. The second kappa shape index (κ2) is 5.57. The van der Waals surface area contributed by atoms with Crippen LogP contribution in [0.5, 0.6) is 0 Å². The number of nitrogens with zero attached hydrogens (tertiary/aromatic N) is 2. The van der Waals surface area contributed by atoms with E-state index in [4.69, 9.17) is 17.0 Å². The normalized spacial score (nSPS) is 12.8. The van der Waals surface area contributed by atoms with Gasteiger partial charge in [0.05, 0.1) is 4.88 Å². The largest absolute Gasteiger partial charge is 0.385 e. The number of methoxy groups -OCH3 is 1. The van der Waals surface area contributed by atoms with Crippen LogP contribution in [0.2, 0.25) is 0 Å². The molecule has 17 heavy (non-hydrogen) atoms. The van der Waals surface area contributed by atoms with Crippen molar-refractivity contribution in [3.63, 3.8) is 0 Å². The number of rotatable bonds is 5. The third-order valence-electron chi connectivity index (χ3n) is 2.63. The molecule has 0 spiro atoms. The molecule has 1 unspecified atom stereocenters. The fraction of sp³-hybridized carbons (Fsp3) is 0.455. The third-order valence-corrected chi connectivity index (χ3v) is 3.78. The molecule has 2 aromatic heterocycles. The number of aromatic amines is 1. The average molecular weight is 269 g/mol. The summed E-state index contributed by atoms with van der Waals surface area (Å²) in [7, 11) is 1.71. The van der Waals surface area contributed by atoms with Gasteiger partial charge in [-0.3, -0.25) is 9.67 Å². The fourth-order valence-corrected chi connectivity index (χ4v) is 2.73. The van der Waals surface area contributed by atoms with Crippen molar-refractivity contribution in [1.82, 2.24) is 14.8 Å². The lowest BCUT2D eigenvalue weighted by Gasteiger charge is -2.14. The molecule has 0 aliphatic carbocycles. The highest BCUT2D eigenvalue weighted by atomic mass is 32.1. The molecular weight excluding hydrogens is 254 g/mol. The van der Waals surface area contributed by atoms with E-state index in [0.717, 1.165) is 23.7 Å². The molecule has 0 amide bonds. The van der Waals surface area contributed by atoms with Gasteiger partial charge in [0, 0.05) is 19.8 Å². The highest BCUT2D eigenvalue weighted by Gasteiger charge is 2.14. The van der Waals surface area contributed by atoms with Crippen LogP contribution in [0.4, 0.5) is 0 Å².